The maximum atomic E-state index is 12.5. The zero-order valence-electron chi connectivity index (χ0n) is 14.5. The van der Waals surface area contributed by atoms with Crippen LogP contribution >= 0.6 is 23.4 Å². The van der Waals surface area contributed by atoms with Crippen molar-refractivity contribution in [1.29, 1.82) is 0 Å². The van der Waals surface area contributed by atoms with Gasteiger partial charge < -0.3 is 9.88 Å². The Morgan fingerprint density at radius 1 is 1.32 bits per heavy atom. The molecule has 1 amide bonds. The summed E-state index contributed by atoms with van der Waals surface area (Å²) >= 11 is 7.43. The van der Waals surface area contributed by atoms with E-state index in [-0.39, 0.29) is 11.2 Å². The van der Waals surface area contributed by atoms with E-state index in [1.807, 2.05) is 26.0 Å². The van der Waals surface area contributed by atoms with Gasteiger partial charge in [0.2, 0.25) is 5.91 Å². The third-order valence-electron chi connectivity index (χ3n) is 4.52. The summed E-state index contributed by atoms with van der Waals surface area (Å²) in [6.45, 7) is 3.88. The Bertz CT molecular complexity index is 742. The molecule has 1 N–H and O–H groups in total. The van der Waals surface area contributed by atoms with Crippen LogP contribution in [0.3, 0.4) is 0 Å². The Kier molecular flexibility index (Phi) is 6.02. The van der Waals surface area contributed by atoms with E-state index in [9.17, 15) is 4.79 Å². The predicted molar refractivity (Wildman–Crippen MR) is 102 cm³/mol. The van der Waals surface area contributed by atoms with Gasteiger partial charge in [-0.15, -0.1) is 10.2 Å². The Balaban J connectivity index is 1.68. The minimum Gasteiger partial charge on any atom is -0.325 e. The molecular weight excluding hydrogens is 356 g/mol. The number of nitrogens with zero attached hydrogens (tertiary/aromatic N) is 3. The van der Waals surface area contributed by atoms with E-state index in [4.69, 9.17) is 11.6 Å². The van der Waals surface area contributed by atoms with Crippen molar-refractivity contribution in [2.75, 3.05) is 5.32 Å². The van der Waals surface area contributed by atoms with Gasteiger partial charge in [-0.25, -0.2) is 0 Å². The lowest BCUT2D eigenvalue weighted by Gasteiger charge is -2.25. The zero-order chi connectivity index (χ0) is 17.8. The normalized spacial score (nSPS) is 16.6. The molecule has 2 aromatic rings. The zero-order valence-corrected chi connectivity index (χ0v) is 16.1. The van der Waals surface area contributed by atoms with Gasteiger partial charge in [0.25, 0.3) is 0 Å². The van der Waals surface area contributed by atoms with E-state index in [1.54, 1.807) is 12.1 Å². The van der Waals surface area contributed by atoms with E-state index in [1.165, 1.54) is 31.0 Å². The fourth-order valence-corrected chi connectivity index (χ4v) is 4.37. The van der Waals surface area contributed by atoms with Crippen LogP contribution in [-0.2, 0) is 4.79 Å². The monoisotopic (exact) mass is 378 g/mol. The van der Waals surface area contributed by atoms with Gasteiger partial charge >= 0.3 is 0 Å². The molecule has 1 aliphatic carbocycles. The molecule has 0 radical (unpaired) electrons. The van der Waals surface area contributed by atoms with Gasteiger partial charge in [-0.05, 0) is 44.9 Å². The van der Waals surface area contributed by atoms with Crippen molar-refractivity contribution in [2.45, 2.75) is 62.4 Å². The quantitative estimate of drug-likeness (QED) is 0.754. The smallest absolute Gasteiger partial charge is 0.237 e. The van der Waals surface area contributed by atoms with Gasteiger partial charge in [-0.1, -0.05) is 48.7 Å². The number of hydrogen-bond acceptors (Lipinski definition) is 4. The molecule has 3 rings (SSSR count). The average molecular weight is 379 g/mol. The van der Waals surface area contributed by atoms with Crippen LogP contribution in [0.2, 0.25) is 5.02 Å². The second-order valence-corrected chi connectivity index (χ2v) is 8.20. The molecule has 0 aliphatic heterocycles. The van der Waals surface area contributed by atoms with Crippen LogP contribution in [-0.4, -0.2) is 25.9 Å². The summed E-state index contributed by atoms with van der Waals surface area (Å²) in [7, 11) is 0. The molecular formula is C18H23ClN4OS. The summed E-state index contributed by atoms with van der Waals surface area (Å²) in [5.74, 6) is 0.861. The number of rotatable bonds is 5. The van der Waals surface area contributed by atoms with Crippen molar-refractivity contribution in [3.05, 3.63) is 35.1 Å². The van der Waals surface area contributed by atoms with Crippen LogP contribution in [0.25, 0.3) is 0 Å². The first kappa shape index (κ1) is 18.3. The third-order valence-corrected chi connectivity index (χ3v) is 5.81. The standard InChI is InChI=1S/C18H23ClN4OS/c1-12(17(24)20-15-8-6-7-14(19)11-15)25-18-22-21-13(2)23(18)16-9-4-3-5-10-16/h6-8,11-12,16H,3-5,9-10H2,1-2H3,(H,20,24)/t12-/m1/s1. The number of benzene rings is 1. The highest BCUT2D eigenvalue weighted by Gasteiger charge is 2.24. The van der Waals surface area contributed by atoms with Crippen molar-refractivity contribution in [3.63, 3.8) is 0 Å². The Morgan fingerprint density at radius 2 is 2.08 bits per heavy atom. The summed E-state index contributed by atoms with van der Waals surface area (Å²) in [6.07, 6.45) is 6.12. The lowest BCUT2D eigenvalue weighted by Crippen LogP contribution is -2.23. The van der Waals surface area contributed by atoms with Crippen molar-refractivity contribution >= 4 is 35.0 Å². The van der Waals surface area contributed by atoms with Gasteiger partial charge in [0.1, 0.15) is 5.82 Å². The highest BCUT2D eigenvalue weighted by Crippen LogP contribution is 2.33. The summed E-state index contributed by atoms with van der Waals surface area (Å²) in [6, 6.07) is 7.62. The second kappa shape index (κ2) is 8.23. The number of aromatic nitrogens is 3. The molecule has 1 aromatic heterocycles. The number of hydrogen-bond donors (Lipinski definition) is 1. The number of nitrogens with one attached hydrogen (secondary N) is 1. The van der Waals surface area contributed by atoms with Gasteiger partial charge in [-0.3, -0.25) is 4.79 Å². The van der Waals surface area contributed by atoms with Crippen molar-refractivity contribution in [3.8, 4) is 0 Å². The molecule has 1 aliphatic rings. The Labute approximate surface area is 157 Å². The molecule has 5 nitrogen and oxygen atoms in total. The van der Waals surface area contributed by atoms with E-state index >= 15 is 0 Å². The summed E-state index contributed by atoms with van der Waals surface area (Å²) in [5, 5.41) is 12.6. The number of thioether (sulfide) groups is 1. The van der Waals surface area contributed by atoms with Crippen molar-refractivity contribution in [2.24, 2.45) is 0 Å². The number of halogens is 1. The maximum absolute atomic E-state index is 12.5. The summed E-state index contributed by atoms with van der Waals surface area (Å²) in [4.78, 5) is 12.5. The number of carbonyl (C=O) groups excluding carboxylic acids is 1. The number of carbonyl (C=O) groups is 1. The lowest BCUT2D eigenvalue weighted by atomic mass is 9.95. The fourth-order valence-electron chi connectivity index (χ4n) is 3.21. The topological polar surface area (TPSA) is 59.8 Å². The fraction of sp³-hybridized carbons (Fsp3) is 0.500. The summed E-state index contributed by atoms with van der Waals surface area (Å²) < 4.78 is 2.22. The Morgan fingerprint density at radius 3 is 2.80 bits per heavy atom. The molecule has 1 atom stereocenters. The molecule has 0 unspecified atom stereocenters. The number of anilines is 1. The third kappa shape index (κ3) is 4.55. The molecule has 25 heavy (non-hydrogen) atoms. The molecule has 0 spiro atoms. The Hall–Kier alpha value is -1.53. The first-order valence-electron chi connectivity index (χ1n) is 8.69. The SMILES string of the molecule is Cc1nnc(S[C@H](C)C(=O)Nc2cccc(Cl)c2)n1C1CCCCC1. The molecule has 0 saturated heterocycles. The van der Waals surface area contributed by atoms with Crippen molar-refractivity contribution in [1.82, 2.24) is 14.8 Å². The van der Waals surface area contributed by atoms with Gasteiger partial charge in [-0.2, -0.15) is 0 Å². The van der Waals surface area contributed by atoms with E-state index < -0.39 is 0 Å². The van der Waals surface area contributed by atoms with Gasteiger partial charge in [0, 0.05) is 16.8 Å². The van der Waals surface area contributed by atoms with Crippen LogP contribution in [0.15, 0.2) is 29.4 Å². The van der Waals surface area contributed by atoms with Crippen LogP contribution < -0.4 is 5.32 Å². The van der Waals surface area contributed by atoms with Gasteiger partial charge in [0.15, 0.2) is 5.16 Å². The van der Waals surface area contributed by atoms with Crippen LogP contribution in [0.5, 0.6) is 0 Å². The van der Waals surface area contributed by atoms with Crippen LogP contribution in [0, 0.1) is 6.92 Å². The highest BCUT2D eigenvalue weighted by molar-refractivity contribution is 8.00. The second-order valence-electron chi connectivity index (χ2n) is 6.45. The molecule has 7 heteroatoms. The number of amides is 1. The molecule has 1 saturated carbocycles. The van der Waals surface area contributed by atoms with Crippen LogP contribution in [0.1, 0.15) is 50.9 Å². The first-order chi connectivity index (χ1) is 12.0. The van der Waals surface area contributed by atoms with E-state index in [0.29, 0.717) is 16.8 Å². The molecule has 1 fully saturated rings. The largest absolute Gasteiger partial charge is 0.325 e. The molecule has 0 bridgehead atoms. The molecule has 1 heterocycles. The lowest BCUT2D eigenvalue weighted by molar-refractivity contribution is -0.115. The minimum absolute atomic E-state index is 0.0666. The molecule has 134 valence electrons. The van der Waals surface area contributed by atoms with Gasteiger partial charge in [0.05, 0.1) is 5.25 Å². The van der Waals surface area contributed by atoms with E-state index in [2.05, 4.69) is 20.1 Å². The average Bonchev–Trinajstić information content (AvgIpc) is 2.96. The first-order valence-corrected chi connectivity index (χ1v) is 9.95. The molecule has 1 aromatic carbocycles. The predicted octanol–water partition coefficient (Wildman–Crippen LogP) is 4.86. The highest BCUT2D eigenvalue weighted by atomic mass is 35.5. The summed E-state index contributed by atoms with van der Waals surface area (Å²) in [5.41, 5.74) is 0.704. The number of aryl methyl sites for hydroxylation is 1. The maximum Gasteiger partial charge on any atom is 0.237 e. The minimum atomic E-state index is -0.273. The van der Waals surface area contributed by atoms with Crippen LogP contribution in [0.4, 0.5) is 5.69 Å². The van der Waals surface area contributed by atoms with E-state index in [0.717, 1.165) is 23.8 Å². The van der Waals surface area contributed by atoms with Crippen molar-refractivity contribution < 1.29 is 4.79 Å².